The largest absolute Gasteiger partial charge is 0.395 e. The lowest BCUT2D eigenvalue weighted by Gasteiger charge is -2.12. The predicted octanol–water partition coefficient (Wildman–Crippen LogP) is 1.31. The number of aryl methyl sites for hydroxylation is 1. The summed E-state index contributed by atoms with van der Waals surface area (Å²) in [7, 11) is -3.58. The Kier molecular flexibility index (Phi) is 4.32. The standard InChI is InChI=1S/C10H14ClNO3S/c1-7-5-9(3-4-10(7)11)16(14,15)12-8(2)6-13/h3-5,8,12-13H,6H2,1-2H3/t8-/m0/s1. The molecule has 0 aromatic heterocycles. The highest BCUT2D eigenvalue weighted by Crippen LogP contribution is 2.19. The van der Waals surface area contributed by atoms with Gasteiger partial charge in [-0.15, -0.1) is 0 Å². The third kappa shape index (κ3) is 3.18. The Balaban J connectivity index is 3.03. The van der Waals surface area contributed by atoms with Crippen LogP contribution in [0.5, 0.6) is 0 Å². The number of nitrogens with one attached hydrogen (secondary N) is 1. The lowest BCUT2D eigenvalue weighted by atomic mass is 10.2. The van der Waals surface area contributed by atoms with Crippen molar-refractivity contribution in [3.05, 3.63) is 28.8 Å². The lowest BCUT2D eigenvalue weighted by Crippen LogP contribution is -2.35. The van der Waals surface area contributed by atoms with Gasteiger partial charge in [0.25, 0.3) is 0 Å². The molecule has 0 aliphatic heterocycles. The Morgan fingerprint density at radius 1 is 1.50 bits per heavy atom. The van der Waals surface area contributed by atoms with Crippen LogP contribution < -0.4 is 4.72 Å². The van der Waals surface area contributed by atoms with E-state index in [1.165, 1.54) is 18.2 Å². The molecule has 0 unspecified atom stereocenters. The summed E-state index contributed by atoms with van der Waals surface area (Å²) in [6, 6.07) is 3.95. The van der Waals surface area contributed by atoms with Crippen LogP contribution in [0.2, 0.25) is 5.02 Å². The minimum atomic E-state index is -3.58. The van der Waals surface area contributed by atoms with Gasteiger partial charge in [0.2, 0.25) is 10.0 Å². The number of aliphatic hydroxyl groups excluding tert-OH is 1. The fraction of sp³-hybridized carbons (Fsp3) is 0.400. The molecule has 0 saturated heterocycles. The molecule has 0 aliphatic carbocycles. The van der Waals surface area contributed by atoms with E-state index < -0.39 is 16.1 Å². The summed E-state index contributed by atoms with van der Waals surface area (Å²) in [4.78, 5) is 0.148. The van der Waals surface area contributed by atoms with Gasteiger partial charge in [-0.05, 0) is 37.6 Å². The third-order valence-corrected chi connectivity index (χ3v) is 4.08. The summed E-state index contributed by atoms with van der Waals surface area (Å²) in [6.45, 7) is 3.07. The minimum absolute atomic E-state index is 0.148. The van der Waals surface area contributed by atoms with Crippen LogP contribution in [0.15, 0.2) is 23.1 Å². The molecule has 0 spiro atoms. The Labute approximate surface area is 100 Å². The van der Waals surface area contributed by atoms with Crippen LogP contribution in [0.3, 0.4) is 0 Å². The Morgan fingerprint density at radius 2 is 2.12 bits per heavy atom. The van der Waals surface area contributed by atoms with Crippen LogP contribution in [0.4, 0.5) is 0 Å². The number of sulfonamides is 1. The maximum atomic E-state index is 11.8. The molecular formula is C10H14ClNO3S. The van der Waals surface area contributed by atoms with E-state index in [1.54, 1.807) is 13.8 Å². The highest BCUT2D eigenvalue weighted by atomic mass is 35.5. The maximum Gasteiger partial charge on any atom is 0.240 e. The SMILES string of the molecule is Cc1cc(S(=O)(=O)N[C@@H](C)CO)ccc1Cl. The maximum absolute atomic E-state index is 11.8. The van der Waals surface area contributed by atoms with Crippen LogP contribution in [-0.2, 0) is 10.0 Å². The highest BCUT2D eigenvalue weighted by Gasteiger charge is 2.17. The first-order valence-electron chi connectivity index (χ1n) is 4.76. The zero-order valence-corrected chi connectivity index (χ0v) is 10.6. The van der Waals surface area contributed by atoms with Crippen molar-refractivity contribution in [1.29, 1.82) is 0 Å². The minimum Gasteiger partial charge on any atom is -0.395 e. The smallest absolute Gasteiger partial charge is 0.240 e. The van der Waals surface area contributed by atoms with E-state index in [0.29, 0.717) is 10.6 Å². The van der Waals surface area contributed by atoms with Crippen LogP contribution in [-0.4, -0.2) is 26.2 Å². The van der Waals surface area contributed by atoms with Crippen molar-refractivity contribution >= 4 is 21.6 Å². The fourth-order valence-electron chi connectivity index (χ4n) is 1.15. The van der Waals surface area contributed by atoms with Gasteiger partial charge in [-0.25, -0.2) is 13.1 Å². The molecule has 1 atom stereocenters. The van der Waals surface area contributed by atoms with Gasteiger partial charge in [-0.1, -0.05) is 11.6 Å². The van der Waals surface area contributed by atoms with Gasteiger partial charge in [-0.3, -0.25) is 0 Å². The number of halogens is 1. The molecule has 1 aromatic carbocycles. The Morgan fingerprint density at radius 3 is 2.62 bits per heavy atom. The normalized spacial score (nSPS) is 13.8. The summed E-state index contributed by atoms with van der Waals surface area (Å²) in [5.74, 6) is 0. The van der Waals surface area contributed by atoms with Gasteiger partial charge in [0.05, 0.1) is 11.5 Å². The van der Waals surface area contributed by atoms with Crippen molar-refractivity contribution in [3.63, 3.8) is 0 Å². The van der Waals surface area contributed by atoms with Crippen molar-refractivity contribution in [3.8, 4) is 0 Å². The number of rotatable bonds is 4. The second-order valence-corrected chi connectivity index (χ2v) is 5.74. The summed E-state index contributed by atoms with van der Waals surface area (Å²) in [5, 5.41) is 9.32. The number of hydrogen-bond acceptors (Lipinski definition) is 3. The van der Waals surface area contributed by atoms with Gasteiger partial charge in [0.15, 0.2) is 0 Å². The Bertz CT molecular complexity index is 473. The predicted molar refractivity (Wildman–Crippen MR) is 63.1 cm³/mol. The molecule has 16 heavy (non-hydrogen) atoms. The van der Waals surface area contributed by atoms with E-state index in [0.717, 1.165) is 0 Å². The number of aliphatic hydroxyl groups is 1. The number of benzene rings is 1. The molecular weight excluding hydrogens is 250 g/mol. The molecule has 0 bridgehead atoms. The molecule has 0 radical (unpaired) electrons. The van der Waals surface area contributed by atoms with Crippen molar-refractivity contribution in [2.75, 3.05) is 6.61 Å². The zero-order valence-electron chi connectivity index (χ0n) is 9.07. The van der Waals surface area contributed by atoms with Gasteiger partial charge in [0.1, 0.15) is 0 Å². The molecule has 4 nitrogen and oxygen atoms in total. The molecule has 6 heteroatoms. The van der Waals surface area contributed by atoms with Gasteiger partial charge < -0.3 is 5.11 Å². The van der Waals surface area contributed by atoms with Crippen LogP contribution in [0.1, 0.15) is 12.5 Å². The molecule has 0 heterocycles. The van der Waals surface area contributed by atoms with Gasteiger partial charge in [0, 0.05) is 11.1 Å². The van der Waals surface area contributed by atoms with E-state index in [4.69, 9.17) is 16.7 Å². The molecule has 90 valence electrons. The van der Waals surface area contributed by atoms with E-state index in [2.05, 4.69) is 4.72 Å². The average molecular weight is 264 g/mol. The third-order valence-electron chi connectivity index (χ3n) is 2.07. The summed E-state index contributed by atoms with van der Waals surface area (Å²) >= 11 is 5.81. The average Bonchev–Trinajstić information content (AvgIpc) is 2.21. The molecule has 0 saturated carbocycles. The lowest BCUT2D eigenvalue weighted by molar-refractivity contribution is 0.265. The van der Waals surface area contributed by atoms with Crippen LogP contribution in [0, 0.1) is 6.92 Å². The van der Waals surface area contributed by atoms with E-state index in [9.17, 15) is 8.42 Å². The van der Waals surface area contributed by atoms with E-state index in [-0.39, 0.29) is 11.5 Å². The first kappa shape index (κ1) is 13.4. The van der Waals surface area contributed by atoms with Gasteiger partial charge >= 0.3 is 0 Å². The first-order valence-corrected chi connectivity index (χ1v) is 6.62. The second-order valence-electron chi connectivity index (χ2n) is 3.62. The summed E-state index contributed by atoms with van der Waals surface area (Å²) in [6.07, 6.45) is 0. The van der Waals surface area contributed by atoms with E-state index >= 15 is 0 Å². The highest BCUT2D eigenvalue weighted by molar-refractivity contribution is 7.89. The van der Waals surface area contributed by atoms with Crippen molar-refractivity contribution in [1.82, 2.24) is 4.72 Å². The summed E-state index contributed by atoms with van der Waals surface area (Å²) < 4.78 is 25.9. The monoisotopic (exact) mass is 263 g/mol. The topological polar surface area (TPSA) is 66.4 Å². The first-order chi connectivity index (χ1) is 7.36. The molecule has 0 aliphatic rings. The van der Waals surface area contributed by atoms with Crippen molar-refractivity contribution in [2.24, 2.45) is 0 Å². The molecule has 1 rings (SSSR count). The van der Waals surface area contributed by atoms with Crippen LogP contribution in [0.25, 0.3) is 0 Å². The van der Waals surface area contributed by atoms with E-state index in [1.807, 2.05) is 0 Å². The van der Waals surface area contributed by atoms with Crippen molar-refractivity contribution < 1.29 is 13.5 Å². The quantitative estimate of drug-likeness (QED) is 0.861. The molecule has 0 fully saturated rings. The van der Waals surface area contributed by atoms with Gasteiger partial charge in [-0.2, -0.15) is 0 Å². The Hall–Kier alpha value is -0.620. The summed E-state index contributed by atoms with van der Waals surface area (Å²) in [5.41, 5.74) is 0.696. The molecule has 0 amide bonds. The number of hydrogen-bond donors (Lipinski definition) is 2. The molecule has 1 aromatic rings. The molecule has 2 N–H and O–H groups in total. The van der Waals surface area contributed by atoms with Crippen molar-refractivity contribution in [2.45, 2.75) is 24.8 Å². The fourth-order valence-corrected chi connectivity index (χ4v) is 2.59. The zero-order chi connectivity index (χ0) is 12.3. The van der Waals surface area contributed by atoms with Crippen LogP contribution >= 0.6 is 11.6 Å². The second kappa shape index (κ2) is 5.14.